The number of anilines is 2. The highest BCUT2D eigenvalue weighted by Gasteiger charge is 2.14. The first-order valence-corrected chi connectivity index (χ1v) is 7.97. The van der Waals surface area contributed by atoms with Gasteiger partial charge >= 0.3 is 0 Å². The number of benzene rings is 2. The van der Waals surface area contributed by atoms with Crippen LogP contribution in [0.15, 0.2) is 54.6 Å². The van der Waals surface area contributed by atoms with E-state index in [9.17, 15) is 9.59 Å². The fourth-order valence-corrected chi connectivity index (χ4v) is 2.12. The zero-order chi connectivity index (χ0) is 17.5. The van der Waals surface area contributed by atoms with Crippen molar-refractivity contribution in [3.63, 3.8) is 0 Å². The molecule has 4 N–H and O–H groups in total. The van der Waals surface area contributed by atoms with E-state index in [4.69, 9.17) is 5.73 Å². The Kier molecular flexibility index (Phi) is 8.11. The van der Waals surface area contributed by atoms with Gasteiger partial charge in [0.15, 0.2) is 0 Å². The number of carbonyl (C=O) groups excluding carboxylic acids is 2. The Labute approximate surface area is 154 Å². The molecule has 0 radical (unpaired) electrons. The van der Waals surface area contributed by atoms with E-state index in [1.807, 2.05) is 44.2 Å². The largest absolute Gasteiger partial charge is 0.326 e. The quantitative estimate of drug-likeness (QED) is 0.738. The maximum absolute atomic E-state index is 12.2. The summed E-state index contributed by atoms with van der Waals surface area (Å²) in [7, 11) is 0. The van der Waals surface area contributed by atoms with E-state index in [2.05, 4.69) is 10.6 Å². The molecule has 6 heteroatoms. The Bertz CT molecular complexity index is 688. The third kappa shape index (κ3) is 6.57. The maximum Gasteiger partial charge on any atom is 0.241 e. The lowest BCUT2D eigenvalue weighted by atomic mass is 10.1. The summed E-state index contributed by atoms with van der Waals surface area (Å²) in [6.45, 7) is 3.66. The van der Waals surface area contributed by atoms with Crippen molar-refractivity contribution in [3.05, 3.63) is 60.2 Å². The van der Waals surface area contributed by atoms with Gasteiger partial charge < -0.3 is 16.4 Å². The first-order chi connectivity index (χ1) is 11.5. The zero-order valence-electron chi connectivity index (χ0n) is 14.4. The van der Waals surface area contributed by atoms with Crippen molar-refractivity contribution in [1.82, 2.24) is 0 Å². The predicted octanol–water partition coefficient (Wildman–Crippen LogP) is 3.21. The van der Waals surface area contributed by atoms with Gasteiger partial charge in [-0.2, -0.15) is 0 Å². The Balaban J connectivity index is 0.00000312. The van der Waals surface area contributed by atoms with Gasteiger partial charge in [0.25, 0.3) is 0 Å². The number of carbonyl (C=O) groups is 2. The molecule has 0 aliphatic carbocycles. The van der Waals surface area contributed by atoms with Crippen LogP contribution in [0.2, 0.25) is 0 Å². The fourth-order valence-electron chi connectivity index (χ4n) is 2.12. The minimum atomic E-state index is -0.618. The lowest BCUT2D eigenvalue weighted by Gasteiger charge is -2.13. The Morgan fingerprint density at radius 3 is 1.84 bits per heavy atom. The topological polar surface area (TPSA) is 84.2 Å². The third-order valence-electron chi connectivity index (χ3n) is 3.58. The number of nitrogens with one attached hydrogen (secondary N) is 2. The molecule has 2 aromatic rings. The number of halogens is 1. The highest BCUT2D eigenvalue weighted by molar-refractivity contribution is 5.95. The number of rotatable bonds is 6. The first kappa shape index (κ1) is 20.7. The van der Waals surface area contributed by atoms with Crippen LogP contribution in [0.5, 0.6) is 0 Å². The average Bonchev–Trinajstić information content (AvgIpc) is 2.57. The standard InChI is InChI=1S/C19H23N3O2.ClH/c1-13(2)18(23)21-15-8-10-16(11-9-15)22-19(24)17(20)12-14-6-4-3-5-7-14;/h3-11,13,17H,12,20H2,1-2H3,(H,21,23)(H,22,24);1H. The van der Waals surface area contributed by atoms with Crippen molar-refractivity contribution in [2.45, 2.75) is 26.3 Å². The van der Waals surface area contributed by atoms with E-state index >= 15 is 0 Å². The second-order valence-corrected chi connectivity index (χ2v) is 6.01. The summed E-state index contributed by atoms with van der Waals surface area (Å²) >= 11 is 0. The first-order valence-electron chi connectivity index (χ1n) is 7.97. The summed E-state index contributed by atoms with van der Waals surface area (Å²) in [6, 6.07) is 16.0. The Morgan fingerprint density at radius 2 is 1.36 bits per heavy atom. The molecule has 0 fully saturated rings. The van der Waals surface area contributed by atoms with Crippen LogP contribution in [0.1, 0.15) is 19.4 Å². The van der Waals surface area contributed by atoms with Crippen LogP contribution in [-0.2, 0) is 16.0 Å². The van der Waals surface area contributed by atoms with Gasteiger partial charge in [-0.25, -0.2) is 0 Å². The van der Waals surface area contributed by atoms with Crippen LogP contribution in [0, 0.1) is 5.92 Å². The van der Waals surface area contributed by atoms with Crippen molar-refractivity contribution < 1.29 is 9.59 Å². The molecule has 0 bridgehead atoms. The van der Waals surface area contributed by atoms with Crippen molar-refractivity contribution >= 4 is 35.6 Å². The van der Waals surface area contributed by atoms with Crippen LogP contribution in [0.25, 0.3) is 0 Å². The average molecular weight is 362 g/mol. The molecule has 0 saturated heterocycles. The molecule has 5 nitrogen and oxygen atoms in total. The van der Waals surface area contributed by atoms with E-state index in [1.54, 1.807) is 24.3 Å². The Morgan fingerprint density at radius 1 is 0.880 bits per heavy atom. The lowest BCUT2D eigenvalue weighted by Crippen LogP contribution is -2.37. The summed E-state index contributed by atoms with van der Waals surface area (Å²) < 4.78 is 0. The van der Waals surface area contributed by atoms with Crippen LogP contribution < -0.4 is 16.4 Å². The molecule has 0 spiro atoms. The molecule has 0 aromatic heterocycles. The lowest BCUT2D eigenvalue weighted by molar-refractivity contribution is -0.119. The summed E-state index contributed by atoms with van der Waals surface area (Å²) in [5, 5.41) is 5.59. The molecule has 0 saturated carbocycles. The smallest absolute Gasteiger partial charge is 0.241 e. The molecule has 2 amide bonds. The maximum atomic E-state index is 12.2. The van der Waals surface area contributed by atoms with Crippen LogP contribution in [0.3, 0.4) is 0 Å². The number of hydrogen-bond acceptors (Lipinski definition) is 3. The molecular weight excluding hydrogens is 338 g/mol. The molecule has 0 heterocycles. The van der Waals surface area contributed by atoms with Crippen LogP contribution in [-0.4, -0.2) is 17.9 Å². The van der Waals surface area contributed by atoms with E-state index in [0.717, 1.165) is 5.56 Å². The third-order valence-corrected chi connectivity index (χ3v) is 3.58. The Hall–Kier alpha value is -2.37. The van der Waals surface area contributed by atoms with Gasteiger partial charge in [0, 0.05) is 17.3 Å². The van der Waals surface area contributed by atoms with Crippen molar-refractivity contribution in [1.29, 1.82) is 0 Å². The summed E-state index contributed by atoms with van der Waals surface area (Å²) in [6.07, 6.45) is 0.481. The number of amides is 2. The second-order valence-electron chi connectivity index (χ2n) is 6.01. The minimum absolute atomic E-state index is 0. The van der Waals surface area contributed by atoms with E-state index in [0.29, 0.717) is 17.8 Å². The number of hydrogen-bond donors (Lipinski definition) is 3. The molecule has 25 heavy (non-hydrogen) atoms. The molecule has 134 valence electrons. The summed E-state index contributed by atoms with van der Waals surface area (Å²) in [5.74, 6) is -0.366. The highest BCUT2D eigenvalue weighted by atomic mass is 35.5. The summed E-state index contributed by atoms with van der Waals surface area (Å²) in [4.78, 5) is 23.8. The van der Waals surface area contributed by atoms with Gasteiger partial charge in [0.05, 0.1) is 6.04 Å². The van der Waals surface area contributed by atoms with E-state index in [1.165, 1.54) is 0 Å². The van der Waals surface area contributed by atoms with Gasteiger partial charge in [0.2, 0.25) is 11.8 Å². The van der Waals surface area contributed by atoms with Gasteiger partial charge in [-0.15, -0.1) is 12.4 Å². The van der Waals surface area contributed by atoms with Crippen molar-refractivity contribution in [2.24, 2.45) is 11.7 Å². The van der Waals surface area contributed by atoms with Gasteiger partial charge in [-0.3, -0.25) is 9.59 Å². The monoisotopic (exact) mass is 361 g/mol. The van der Waals surface area contributed by atoms with Crippen molar-refractivity contribution in [2.75, 3.05) is 10.6 Å². The normalized spacial score (nSPS) is 11.4. The van der Waals surface area contributed by atoms with Crippen molar-refractivity contribution in [3.8, 4) is 0 Å². The molecule has 2 aromatic carbocycles. The number of nitrogens with two attached hydrogens (primary N) is 1. The fraction of sp³-hybridized carbons (Fsp3) is 0.263. The minimum Gasteiger partial charge on any atom is -0.326 e. The molecule has 0 aliphatic rings. The second kappa shape index (κ2) is 9.81. The van der Waals surface area contributed by atoms with E-state index in [-0.39, 0.29) is 30.1 Å². The SMILES string of the molecule is CC(C)C(=O)Nc1ccc(NC(=O)C(N)Cc2ccccc2)cc1.Cl. The van der Waals surface area contributed by atoms with Crippen LogP contribution in [0.4, 0.5) is 11.4 Å². The molecule has 1 unspecified atom stereocenters. The van der Waals surface area contributed by atoms with Crippen LogP contribution >= 0.6 is 12.4 Å². The van der Waals surface area contributed by atoms with Gasteiger partial charge in [-0.1, -0.05) is 44.2 Å². The molecule has 2 rings (SSSR count). The molecule has 1 atom stereocenters. The zero-order valence-corrected chi connectivity index (χ0v) is 15.2. The summed E-state index contributed by atoms with van der Waals surface area (Å²) in [5.41, 5.74) is 8.32. The molecular formula is C19H24ClN3O2. The van der Waals surface area contributed by atoms with Gasteiger partial charge in [0.1, 0.15) is 0 Å². The molecule has 0 aliphatic heterocycles. The van der Waals surface area contributed by atoms with E-state index < -0.39 is 6.04 Å². The van der Waals surface area contributed by atoms with Gasteiger partial charge in [-0.05, 0) is 36.2 Å². The highest BCUT2D eigenvalue weighted by Crippen LogP contribution is 2.15. The predicted molar refractivity (Wildman–Crippen MR) is 104 cm³/mol.